The van der Waals surface area contributed by atoms with Crippen molar-refractivity contribution in [1.82, 2.24) is 4.90 Å². The van der Waals surface area contributed by atoms with Gasteiger partial charge >= 0.3 is 6.18 Å². The van der Waals surface area contributed by atoms with Gasteiger partial charge in [-0.25, -0.2) is 0 Å². The van der Waals surface area contributed by atoms with Crippen molar-refractivity contribution >= 4 is 17.5 Å². The number of hydrogen-bond donors (Lipinski definition) is 0. The van der Waals surface area contributed by atoms with Gasteiger partial charge in [0.05, 0.1) is 11.1 Å². The van der Waals surface area contributed by atoms with E-state index in [0.29, 0.717) is 6.54 Å². The molecular formula is C14H17ClF3NO. The molecule has 1 rings (SSSR count). The molecule has 0 bridgehead atoms. The topological polar surface area (TPSA) is 20.3 Å². The number of benzene rings is 1. The highest BCUT2D eigenvalue weighted by Gasteiger charge is 2.35. The third kappa shape index (κ3) is 4.40. The lowest BCUT2D eigenvalue weighted by atomic mass is 10.1. The summed E-state index contributed by atoms with van der Waals surface area (Å²) >= 11 is 5.62. The summed E-state index contributed by atoms with van der Waals surface area (Å²) in [4.78, 5) is 13.7. The van der Waals surface area contributed by atoms with Gasteiger partial charge in [0.2, 0.25) is 0 Å². The van der Waals surface area contributed by atoms with E-state index in [1.54, 1.807) is 0 Å². The summed E-state index contributed by atoms with van der Waals surface area (Å²) in [5, 5.41) is 0. The van der Waals surface area contributed by atoms with Crippen LogP contribution in [0.25, 0.3) is 0 Å². The van der Waals surface area contributed by atoms with E-state index in [2.05, 4.69) is 0 Å². The summed E-state index contributed by atoms with van der Waals surface area (Å²) in [6, 6.07) is 4.84. The molecule has 0 aromatic heterocycles. The molecule has 0 saturated heterocycles. The summed E-state index contributed by atoms with van der Waals surface area (Å²) in [6.45, 7) is 2.60. The van der Waals surface area contributed by atoms with Crippen LogP contribution >= 0.6 is 11.6 Å². The molecule has 1 amide bonds. The van der Waals surface area contributed by atoms with Gasteiger partial charge in [-0.2, -0.15) is 13.2 Å². The molecule has 2 nitrogen and oxygen atoms in total. The summed E-state index contributed by atoms with van der Waals surface area (Å²) < 4.78 is 38.7. The van der Waals surface area contributed by atoms with Gasteiger partial charge < -0.3 is 4.90 Å². The Morgan fingerprint density at radius 3 is 2.45 bits per heavy atom. The molecule has 0 aliphatic heterocycles. The molecule has 0 fully saturated rings. The maximum Gasteiger partial charge on any atom is 0.417 e. The van der Waals surface area contributed by atoms with E-state index in [1.807, 2.05) is 6.92 Å². The normalized spacial score (nSPS) is 11.4. The molecule has 0 unspecified atom stereocenters. The molecule has 0 aliphatic carbocycles. The maximum atomic E-state index is 12.9. The molecule has 20 heavy (non-hydrogen) atoms. The zero-order valence-electron chi connectivity index (χ0n) is 11.2. The summed E-state index contributed by atoms with van der Waals surface area (Å²) in [5.41, 5.74) is -1.22. The third-order valence-corrected chi connectivity index (χ3v) is 3.06. The second-order valence-corrected chi connectivity index (χ2v) is 4.76. The molecule has 0 spiro atoms. The minimum Gasteiger partial charge on any atom is -0.337 e. The van der Waals surface area contributed by atoms with Crippen molar-refractivity contribution in [1.29, 1.82) is 0 Å². The fourth-order valence-electron chi connectivity index (χ4n) is 1.85. The molecule has 0 N–H and O–H groups in total. The lowest BCUT2D eigenvalue weighted by molar-refractivity contribution is -0.138. The Bertz CT molecular complexity index is 448. The van der Waals surface area contributed by atoms with Gasteiger partial charge in [-0.15, -0.1) is 11.6 Å². The van der Waals surface area contributed by atoms with Crippen molar-refractivity contribution in [2.75, 3.05) is 19.0 Å². The summed E-state index contributed by atoms with van der Waals surface area (Å²) in [7, 11) is 0. The highest BCUT2D eigenvalue weighted by Crippen LogP contribution is 2.32. The Balaban J connectivity index is 3.05. The Morgan fingerprint density at radius 1 is 1.25 bits per heavy atom. The number of nitrogens with zero attached hydrogens (tertiary/aromatic N) is 1. The Kier molecular flexibility index (Phi) is 6.33. The first-order valence-electron chi connectivity index (χ1n) is 6.43. The third-order valence-electron chi connectivity index (χ3n) is 2.89. The van der Waals surface area contributed by atoms with E-state index >= 15 is 0 Å². The minimum absolute atomic E-state index is 0.198. The molecule has 0 atom stereocenters. The maximum absolute atomic E-state index is 12.9. The van der Waals surface area contributed by atoms with E-state index in [-0.39, 0.29) is 18.0 Å². The van der Waals surface area contributed by atoms with Gasteiger partial charge in [0, 0.05) is 19.0 Å². The number of alkyl halides is 4. The second-order valence-electron chi connectivity index (χ2n) is 4.38. The quantitative estimate of drug-likeness (QED) is 0.722. The summed E-state index contributed by atoms with van der Waals surface area (Å²) in [5.74, 6) is -0.420. The first-order valence-corrected chi connectivity index (χ1v) is 6.96. The highest BCUT2D eigenvalue weighted by atomic mass is 35.5. The number of unbranched alkanes of at least 4 members (excludes halogenated alkanes) is 1. The molecule has 112 valence electrons. The molecule has 6 heteroatoms. The first-order chi connectivity index (χ1) is 9.41. The zero-order valence-corrected chi connectivity index (χ0v) is 12.0. The average Bonchev–Trinajstić information content (AvgIpc) is 2.42. The molecular weight excluding hydrogens is 291 g/mol. The number of hydrogen-bond acceptors (Lipinski definition) is 1. The van der Waals surface area contributed by atoms with Gasteiger partial charge in [0.1, 0.15) is 0 Å². The Hall–Kier alpha value is -1.23. The van der Waals surface area contributed by atoms with Crippen molar-refractivity contribution in [2.24, 2.45) is 0 Å². The number of halogens is 4. The number of carbonyl (C=O) groups is 1. The average molecular weight is 308 g/mol. The van der Waals surface area contributed by atoms with E-state index < -0.39 is 17.6 Å². The standard InChI is InChI=1S/C14H17ClF3NO/c1-2-3-9-19(10-8-15)13(20)11-6-4-5-7-12(11)14(16,17)18/h4-7H,2-3,8-10H2,1H3. The molecule has 0 heterocycles. The first kappa shape index (κ1) is 16.8. The van der Waals surface area contributed by atoms with Crippen LogP contribution < -0.4 is 0 Å². The van der Waals surface area contributed by atoms with E-state index in [4.69, 9.17) is 11.6 Å². The molecule has 0 aliphatic rings. The van der Waals surface area contributed by atoms with E-state index in [1.165, 1.54) is 23.1 Å². The predicted molar refractivity (Wildman–Crippen MR) is 73.0 cm³/mol. The van der Waals surface area contributed by atoms with Gasteiger partial charge in [0.25, 0.3) is 5.91 Å². The van der Waals surface area contributed by atoms with Crippen LogP contribution in [0.1, 0.15) is 35.7 Å². The van der Waals surface area contributed by atoms with Crippen LogP contribution in [0.3, 0.4) is 0 Å². The van der Waals surface area contributed by atoms with Crippen LogP contribution in [-0.2, 0) is 6.18 Å². The fourth-order valence-corrected chi connectivity index (χ4v) is 2.06. The second kappa shape index (κ2) is 7.53. The number of carbonyl (C=O) groups excluding carboxylic acids is 1. The lowest BCUT2D eigenvalue weighted by Gasteiger charge is -2.23. The summed E-state index contributed by atoms with van der Waals surface area (Å²) in [6.07, 6.45) is -2.95. The largest absolute Gasteiger partial charge is 0.417 e. The smallest absolute Gasteiger partial charge is 0.337 e. The molecule has 0 radical (unpaired) electrons. The number of amides is 1. The molecule has 1 aromatic carbocycles. The zero-order chi connectivity index (χ0) is 15.2. The molecule has 1 aromatic rings. The van der Waals surface area contributed by atoms with Crippen molar-refractivity contribution in [2.45, 2.75) is 25.9 Å². The lowest BCUT2D eigenvalue weighted by Crippen LogP contribution is -2.35. The van der Waals surface area contributed by atoms with Crippen molar-refractivity contribution in [3.05, 3.63) is 35.4 Å². The monoisotopic (exact) mass is 307 g/mol. The van der Waals surface area contributed by atoms with Gasteiger partial charge in [-0.1, -0.05) is 25.5 Å². The van der Waals surface area contributed by atoms with Gasteiger partial charge in [0.15, 0.2) is 0 Å². The number of rotatable bonds is 6. The van der Waals surface area contributed by atoms with Crippen LogP contribution in [0.2, 0.25) is 0 Å². The van der Waals surface area contributed by atoms with Crippen LogP contribution in [0.15, 0.2) is 24.3 Å². The minimum atomic E-state index is -4.54. The predicted octanol–water partition coefficient (Wildman–Crippen LogP) is 4.19. The SMILES string of the molecule is CCCCN(CCCl)C(=O)c1ccccc1C(F)(F)F. The highest BCUT2D eigenvalue weighted by molar-refractivity contribution is 6.18. The van der Waals surface area contributed by atoms with Crippen molar-refractivity contribution in [3.8, 4) is 0 Å². The van der Waals surface area contributed by atoms with Crippen LogP contribution in [-0.4, -0.2) is 29.8 Å². The molecule has 0 saturated carbocycles. The van der Waals surface area contributed by atoms with Gasteiger partial charge in [-0.05, 0) is 18.6 Å². The Morgan fingerprint density at radius 2 is 1.90 bits per heavy atom. The van der Waals surface area contributed by atoms with Crippen LogP contribution in [0.4, 0.5) is 13.2 Å². The van der Waals surface area contributed by atoms with E-state index in [9.17, 15) is 18.0 Å². The van der Waals surface area contributed by atoms with Crippen molar-refractivity contribution < 1.29 is 18.0 Å². The van der Waals surface area contributed by atoms with Crippen LogP contribution in [0, 0.1) is 0 Å². The van der Waals surface area contributed by atoms with E-state index in [0.717, 1.165) is 18.9 Å². The van der Waals surface area contributed by atoms with Gasteiger partial charge in [-0.3, -0.25) is 4.79 Å². The fraction of sp³-hybridized carbons (Fsp3) is 0.500. The van der Waals surface area contributed by atoms with Crippen molar-refractivity contribution in [3.63, 3.8) is 0 Å². The Labute approximate surface area is 121 Å². The van der Waals surface area contributed by atoms with Crippen LogP contribution in [0.5, 0.6) is 0 Å².